The van der Waals surface area contributed by atoms with Gasteiger partial charge in [0.25, 0.3) is 5.56 Å². The van der Waals surface area contributed by atoms with Crippen LogP contribution in [0.25, 0.3) is 0 Å². The molecule has 0 spiro atoms. The molecule has 1 aliphatic carbocycles. The highest BCUT2D eigenvalue weighted by Gasteiger charge is 2.25. The molecule has 1 fully saturated rings. The molecule has 3 nitrogen and oxygen atoms in total. The lowest BCUT2D eigenvalue weighted by molar-refractivity contribution is 0.912. The molecule has 1 aliphatic rings. The van der Waals surface area contributed by atoms with Gasteiger partial charge < -0.3 is 4.98 Å². The van der Waals surface area contributed by atoms with Gasteiger partial charge in [-0.15, -0.1) is 11.8 Å². The number of nitrogens with one attached hydrogen (secondary N) is 1. The Labute approximate surface area is 120 Å². The van der Waals surface area contributed by atoms with Crippen LogP contribution in [0.4, 0.5) is 0 Å². The normalized spacial score (nSPS) is 14.6. The van der Waals surface area contributed by atoms with Gasteiger partial charge >= 0.3 is 0 Å². The van der Waals surface area contributed by atoms with E-state index in [1.165, 1.54) is 0 Å². The van der Waals surface area contributed by atoms with Crippen LogP contribution in [0.2, 0.25) is 5.02 Å². The van der Waals surface area contributed by atoms with Crippen molar-refractivity contribution in [1.82, 2.24) is 9.97 Å². The minimum Gasteiger partial charge on any atom is -0.310 e. The van der Waals surface area contributed by atoms with E-state index in [-0.39, 0.29) is 5.56 Å². The molecule has 98 valence electrons. The molecule has 1 N–H and O–H groups in total. The van der Waals surface area contributed by atoms with Crippen molar-refractivity contribution in [1.29, 1.82) is 0 Å². The van der Waals surface area contributed by atoms with Crippen LogP contribution in [0.3, 0.4) is 0 Å². The zero-order valence-corrected chi connectivity index (χ0v) is 11.8. The van der Waals surface area contributed by atoms with E-state index in [1.807, 2.05) is 24.3 Å². The van der Waals surface area contributed by atoms with Crippen LogP contribution in [0.15, 0.2) is 40.0 Å². The zero-order chi connectivity index (χ0) is 13.2. The molecule has 1 saturated carbocycles. The molecule has 0 saturated heterocycles. The monoisotopic (exact) mass is 292 g/mol. The van der Waals surface area contributed by atoms with Crippen molar-refractivity contribution in [3.63, 3.8) is 0 Å². The first-order valence-corrected chi connectivity index (χ1v) is 7.55. The third-order valence-electron chi connectivity index (χ3n) is 3.00. The molecule has 0 amide bonds. The van der Waals surface area contributed by atoms with Gasteiger partial charge in [-0.3, -0.25) is 4.79 Å². The molecule has 19 heavy (non-hydrogen) atoms. The maximum Gasteiger partial charge on any atom is 0.251 e. The number of benzene rings is 1. The summed E-state index contributed by atoms with van der Waals surface area (Å²) in [4.78, 5) is 20.0. The number of aromatic amines is 1. The largest absolute Gasteiger partial charge is 0.310 e. The van der Waals surface area contributed by atoms with Gasteiger partial charge in [0.05, 0.1) is 11.4 Å². The predicted octanol–water partition coefficient (Wildman–Crippen LogP) is 3.59. The third kappa shape index (κ3) is 3.39. The molecule has 2 aromatic rings. The Bertz CT molecular complexity index is 635. The Hall–Kier alpha value is -1.26. The van der Waals surface area contributed by atoms with Crippen LogP contribution >= 0.6 is 23.4 Å². The average molecular weight is 293 g/mol. The van der Waals surface area contributed by atoms with Gasteiger partial charge in [0.15, 0.2) is 0 Å². The second-order valence-electron chi connectivity index (χ2n) is 4.63. The molecule has 0 bridgehead atoms. The number of H-pyrrole nitrogens is 1. The summed E-state index contributed by atoms with van der Waals surface area (Å²) < 4.78 is 0. The quantitative estimate of drug-likeness (QED) is 0.876. The highest BCUT2D eigenvalue weighted by atomic mass is 35.5. The number of hydrogen-bond donors (Lipinski definition) is 1. The van der Waals surface area contributed by atoms with Crippen molar-refractivity contribution in [2.75, 3.05) is 0 Å². The van der Waals surface area contributed by atoms with Gasteiger partial charge in [-0.05, 0) is 37.1 Å². The molecule has 5 heteroatoms. The standard InChI is InChI=1S/C14H13ClN2OS/c15-10-3-5-11(6-4-10)19-8-13-16-12(9-1-2-9)7-14(18)17-13/h3-7,9H,1-2,8H2,(H,16,17,18). The summed E-state index contributed by atoms with van der Waals surface area (Å²) in [6, 6.07) is 9.28. The van der Waals surface area contributed by atoms with E-state index in [9.17, 15) is 4.79 Å². The summed E-state index contributed by atoms with van der Waals surface area (Å²) in [6.45, 7) is 0. The van der Waals surface area contributed by atoms with Crippen LogP contribution in [-0.4, -0.2) is 9.97 Å². The van der Waals surface area contributed by atoms with Gasteiger partial charge in [0, 0.05) is 21.9 Å². The Kier molecular flexibility index (Phi) is 3.62. The van der Waals surface area contributed by atoms with E-state index in [1.54, 1.807) is 17.8 Å². The zero-order valence-electron chi connectivity index (χ0n) is 10.2. The lowest BCUT2D eigenvalue weighted by Gasteiger charge is -2.04. The number of halogens is 1. The maximum atomic E-state index is 11.6. The average Bonchev–Trinajstić information content (AvgIpc) is 3.22. The fourth-order valence-corrected chi connectivity index (χ4v) is 2.76. The molecule has 3 rings (SSSR count). The van der Waals surface area contributed by atoms with E-state index in [0.29, 0.717) is 11.7 Å². The van der Waals surface area contributed by atoms with E-state index in [0.717, 1.165) is 34.3 Å². The third-order valence-corrected chi connectivity index (χ3v) is 4.27. The summed E-state index contributed by atoms with van der Waals surface area (Å²) in [6.07, 6.45) is 2.31. The smallest absolute Gasteiger partial charge is 0.251 e. The summed E-state index contributed by atoms with van der Waals surface area (Å²) in [5, 5.41) is 0.728. The van der Waals surface area contributed by atoms with Gasteiger partial charge in [0.1, 0.15) is 5.82 Å². The minimum atomic E-state index is -0.0522. The Morgan fingerprint density at radius 1 is 1.32 bits per heavy atom. The van der Waals surface area contributed by atoms with Crippen LogP contribution in [0.5, 0.6) is 0 Å². The second-order valence-corrected chi connectivity index (χ2v) is 6.12. The van der Waals surface area contributed by atoms with Crippen molar-refractivity contribution in [2.45, 2.75) is 29.4 Å². The molecular formula is C14H13ClN2OS. The lowest BCUT2D eigenvalue weighted by Crippen LogP contribution is -2.11. The summed E-state index contributed by atoms with van der Waals surface area (Å²) in [7, 11) is 0. The molecule has 1 heterocycles. The first-order chi connectivity index (χ1) is 9.20. The van der Waals surface area contributed by atoms with E-state index in [4.69, 9.17) is 11.6 Å². The van der Waals surface area contributed by atoms with Crippen molar-refractivity contribution in [2.24, 2.45) is 0 Å². The van der Waals surface area contributed by atoms with Crippen LogP contribution in [-0.2, 0) is 5.75 Å². The topological polar surface area (TPSA) is 45.8 Å². The fourth-order valence-electron chi connectivity index (χ4n) is 1.87. The first kappa shape index (κ1) is 12.8. The molecule has 0 atom stereocenters. The highest BCUT2D eigenvalue weighted by Crippen LogP contribution is 2.38. The molecule has 0 unspecified atom stereocenters. The predicted molar refractivity (Wildman–Crippen MR) is 77.8 cm³/mol. The lowest BCUT2D eigenvalue weighted by atomic mass is 10.3. The van der Waals surface area contributed by atoms with E-state index < -0.39 is 0 Å². The van der Waals surface area contributed by atoms with Crippen LogP contribution < -0.4 is 5.56 Å². The van der Waals surface area contributed by atoms with Crippen molar-refractivity contribution >= 4 is 23.4 Å². The highest BCUT2D eigenvalue weighted by molar-refractivity contribution is 7.98. The summed E-state index contributed by atoms with van der Waals surface area (Å²) in [5.41, 5.74) is 0.888. The van der Waals surface area contributed by atoms with Crippen LogP contribution in [0.1, 0.15) is 30.3 Å². The van der Waals surface area contributed by atoms with Gasteiger partial charge in [-0.1, -0.05) is 11.6 Å². The van der Waals surface area contributed by atoms with Gasteiger partial charge in [-0.2, -0.15) is 0 Å². The summed E-state index contributed by atoms with van der Waals surface area (Å²) >= 11 is 7.48. The number of aromatic nitrogens is 2. The van der Waals surface area contributed by atoms with Crippen molar-refractivity contribution in [3.05, 3.63) is 57.2 Å². The Morgan fingerprint density at radius 3 is 2.74 bits per heavy atom. The second kappa shape index (κ2) is 5.39. The number of hydrogen-bond acceptors (Lipinski definition) is 3. The first-order valence-electron chi connectivity index (χ1n) is 6.19. The minimum absolute atomic E-state index is 0.0522. The Morgan fingerprint density at radius 2 is 2.05 bits per heavy atom. The van der Waals surface area contributed by atoms with E-state index in [2.05, 4.69) is 9.97 Å². The molecule has 1 aromatic carbocycles. The molecule has 1 aromatic heterocycles. The Balaban J connectivity index is 1.72. The fraction of sp³-hybridized carbons (Fsp3) is 0.286. The number of thioether (sulfide) groups is 1. The molecule has 0 radical (unpaired) electrons. The molecule has 0 aliphatic heterocycles. The van der Waals surface area contributed by atoms with Crippen molar-refractivity contribution < 1.29 is 0 Å². The number of rotatable bonds is 4. The van der Waals surface area contributed by atoms with Crippen LogP contribution in [0, 0.1) is 0 Å². The summed E-state index contributed by atoms with van der Waals surface area (Å²) in [5.74, 6) is 1.91. The van der Waals surface area contributed by atoms with Crippen molar-refractivity contribution in [3.8, 4) is 0 Å². The van der Waals surface area contributed by atoms with E-state index >= 15 is 0 Å². The number of nitrogens with zero attached hydrogens (tertiary/aromatic N) is 1. The van der Waals surface area contributed by atoms with Gasteiger partial charge in [-0.25, -0.2) is 4.98 Å². The SMILES string of the molecule is O=c1cc(C2CC2)nc(CSc2ccc(Cl)cc2)[nH]1. The maximum absolute atomic E-state index is 11.6. The van der Waals surface area contributed by atoms with Gasteiger partial charge in [0.2, 0.25) is 0 Å². The molecular weight excluding hydrogens is 280 g/mol.